The molecular formula is C33H28N4OPt-2. The van der Waals surface area contributed by atoms with Crippen LogP contribution in [-0.2, 0) is 28.7 Å². The van der Waals surface area contributed by atoms with Crippen LogP contribution in [0, 0.1) is 12.1 Å². The molecule has 0 fully saturated rings. The van der Waals surface area contributed by atoms with Crippen LogP contribution in [0.1, 0.15) is 38.8 Å². The Hall–Kier alpha value is -3.69. The van der Waals surface area contributed by atoms with Crippen LogP contribution in [0.3, 0.4) is 0 Å². The molecule has 4 aliphatic heterocycles. The standard InChI is InChI=1S/C33H28N4O.Pt/c1-32(2)24-11-9-13-26(19-24)38-27-14-10-12-25(20-27)33(3,4)37-23-35(29-16-6-8-18-31(29)37)21-34-22-36(32)30-17-7-5-15-28(30)34;/h5-18H,21H2,1-4H3;/q-2;. The molecule has 8 rings (SSSR count). The molecule has 0 unspecified atom stereocenters. The Bertz CT molecular complexity index is 1630. The van der Waals surface area contributed by atoms with Gasteiger partial charge in [0.1, 0.15) is 0 Å². The molecule has 0 aromatic heterocycles. The van der Waals surface area contributed by atoms with Gasteiger partial charge in [0.15, 0.2) is 0 Å². The Morgan fingerprint density at radius 2 is 1.03 bits per heavy atom. The molecular weight excluding hydrogens is 663 g/mol. The molecule has 198 valence electrons. The van der Waals surface area contributed by atoms with E-state index in [1.807, 2.05) is 12.1 Å². The second-order valence-electron chi connectivity index (χ2n) is 11.3. The molecule has 0 spiro atoms. The van der Waals surface area contributed by atoms with E-state index in [0.717, 1.165) is 17.8 Å². The van der Waals surface area contributed by atoms with E-state index in [0.29, 0.717) is 11.5 Å². The van der Waals surface area contributed by atoms with E-state index in [2.05, 4.69) is 132 Å². The summed E-state index contributed by atoms with van der Waals surface area (Å²) in [5.74, 6) is 1.42. The third-order valence-corrected chi connectivity index (χ3v) is 11.5. The Balaban J connectivity index is 1.48. The molecule has 6 bridgehead atoms. The summed E-state index contributed by atoms with van der Waals surface area (Å²) in [6.07, 6.45) is 0. The van der Waals surface area contributed by atoms with Crippen molar-refractivity contribution < 1.29 is 22.4 Å². The van der Waals surface area contributed by atoms with Crippen LogP contribution in [-0.4, -0.2) is 15.0 Å². The quantitative estimate of drug-likeness (QED) is 0.198. The van der Waals surface area contributed by atoms with Gasteiger partial charge in [-0.25, -0.2) is 0 Å². The minimum atomic E-state index is -0.595. The van der Waals surface area contributed by atoms with Gasteiger partial charge in [0.05, 0.1) is 0 Å². The van der Waals surface area contributed by atoms with Crippen molar-refractivity contribution in [1.29, 1.82) is 0 Å². The molecule has 0 aliphatic carbocycles. The van der Waals surface area contributed by atoms with Gasteiger partial charge in [-0.3, -0.25) is 0 Å². The zero-order valence-electron chi connectivity index (χ0n) is 22.3. The monoisotopic (exact) mass is 691 g/mol. The number of benzene rings is 4. The van der Waals surface area contributed by atoms with E-state index in [1.165, 1.54) is 31.0 Å². The van der Waals surface area contributed by atoms with E-state index in [4.69, 9.17) is 4.74 Å². The zero-order valence-corrected chi connectivity index (χ0v) is 24.6. The predicted molar refractivity (Wildman–Crippen MR) is 154 cm³/mol. The average Bonchev–Trinajstić information content (AvgIpc) is 3.44. The summed E-state index contributed by atoms with van der Waals surface area (Å²) in [5.41, 5.74) is 6.56. The summed E-state index contributed by atoms with van der Waals surface area (Å²) in [5, 5.41) is 0. The fourth-order valence-electron chi connectivity index (χ4n) is 6.11. The molecule has 4 aromatic rings. The van der Waals surface area contributed by atoms with Crippen LogP contribution in [0.5, 0.6) is 11.5 Å². The van der Waals surface area contributed by atoms with Gasteiger partial charge < -0.3 is 0 Å². The SMILES string of the molecule is CC1(C)c2[c-]c(ccc2)Oc2[c-]c(ccc2)C(C)(C)N2[C]3=[Pt]=[C]4N(CN3c3ccccc32)c2ccccc2N41. The number of hydrogen-bond acceptors (Lipinski definition) is 5. The van der Waals surface area contributed by atoms with Crippen LogP contribution in [0.25, 0.3) is 0 Å². The maximum absolute atomic E-state index is 6.41. The van der Waals surface area contributed by atoms with E-state index in [-0.39, 0.29) is 11.1 Å². The van der Waals surface area contributed by atoms with Gasteiger partial charge in [-0.2, -0.15) is 0 Å². The molecule has 4 aliphatic rings. The Morgan fingerprint density at radius 1 is 0.590 bits per heavy atom. The van der Waals surface area contributed by atoms with Gasteiger partial charge in [-0.1, -0.05) is 0 Å². The molecule has 0 saturated heterocycles. The summed E-state index contributed by atoms with van der Waals surface area (Å²) in [6, 6.07) is 37.4. The molecule has 0 saturated carbocycles. The van der Waals surface area contributed by atoms with Gasteiger partial charge in [0, 0.05) is 0 Å². The first-order valence-corrected chi connectivity index (χ1v) is 15.5. The number of hydrogen-bond donors (Lipinski definition) is 0. The summed E-state index contributed by atoms with van der Waals surface area (Å²) >= 11 is -0.595. The average molecular weight is 692 g/mol. The Kier molecular flexibility index (Phi) is 4.72. The fraction of sp³-hybridized carbons (Fsp3) is 0.212. The molecule has 4 aromatic carbocycles. The second kappa shape index (κ2) is 7.92. The fourth-order valence-corrected chi connectivity index (χ4v) is 10.4. The van der Waals surface area contributed by atoms with E-state index >= 15 is 0 Å². The van der Waals surface area contributed by atoms with Gasteiger partial charge in [0.2, 0.25) is 0 Å². The zero-order chi connectivity index (χ0) is 26.5. The van der Waals surface area contributed by atoms with Crippen LogP contribution >= 0.6 is 0 Å². The van der Waals surface area contributed by atoms with Gasteiger partial charge in [-0.05, 0) is 0 Å². The molecule has 5 nitrogen and oxygen atoms in total. The first kappa shape index (κ1) is 23.2. The number of para-hydroxylation sites is 4. The molecule has 6 heteroatoms. The summed E-state index contributed by atoms with van der Waals surface area (Å²) < 4.78 is 9.20. The third kappa shape index (κ3) is 3.17. The summed E-state index contributed by atoms with van der Waals surface area (Å²) in [4.78, 5) is 10.2. The van der Waals surface area contributed by atoms with Gasteiger partial charge >= 0.3 is 238 Å². The van der Waals surface area contributed by atoms with Crippen molar-refractivity contribution >= 4 is 31.0 Å². The normalized spacial score (nSPS) is 19.6. The molecule has 39 heavy (non-hydrogen) atoms. The predicted octanol–water partition coefficient (Wildman–Crippen LogP) is 6.44. The molecule has 0 radical (unpaired) electrons. The maximum atomic E-state index is 6.41. The molecule has 0 amide bonds. The van der Waals surface area contributed by atoms with Crippen molar-refractivity contribution in [3.63, 3.8) is 0 Å². The Labute approximate surface area is 237 Å². The van der Waals surface area contributed by atoms with Crippen molar-refractivity contribution in [1.82, 2.24) is 0 Å². The van der Waals surface area contributed by atoms with Crippen LogP contribution in [0.15, 0.2) is 84.9 Å². The third-order valence-electron chi connectivity index (χ3n) is 8.20. The topological polar surface area (TPSA) is 22.2 Å². The van der Waals surface area contributed by atoms with Crippen molar-refractivity contribution in [3.05, 3.63) is 108 Å². The first-order chi connectivity index (χ1) is 18.8. The van der Waals surface area contributed by atoms with Crippen molar-refractivity contribution in [2.24, 2.45) is 0 Å². The number of nitrogens with zero attached hydrogens (tertiary/aromatic N) is 4. The van der Waals surface area contributed by atoms with Gasteiger partial charge in [0.25, 0.3) is 0 Å². The number of ether oxygens (including phenoxy) is 1. The van der Waals surface area contributed by atoms with Crippen LogP contribution in [0.2, 0.25) is 0 Å². The van der Waals surface area contributed by atoms with Gasteiger partial charge in [-0.15, -0.1) is 0 Å². The minimum absolute atomic E-state index is 0.343. The number of fused-ring (bicyclic) bond motifs is 10. The summed E-state index contributed by atoms with van der Waals surface area (Å²) in [6.45, 7) is 10.0. The molecule has 4 heterocycles. The van der Waals surface area contributed by atoms with E-state index in [9.17, 15) is 0 Å². The first-order valence-electron chi connectivity index (χ1n) is 13.2. The summed E-state index contributed by atoms with van der Waals surface area (Å²) in [7, 11) is 0. The number of rotatable bonds is 0. The van der Waals surface area contributed by atoms with Crippen molar-refractivity contribution in [2.45, 2.75) is 38.8 Å². The molecule has 0 N–H and O–H groups in total. The van der Waals surface area contributed by atoms with Crippen molar-refractivity contribution in [2.75, 3.05) is 26.3 Å². The Morgan fingerprint density at radius 3 is 1.49 bits per heavy atom. The number of anilines is 4. The van der Waals surface area contributed by atoms with Crippen LogP contribution in [0.4, 0.5) is 22.7 Å². The van der Waals surface area contributed by atoms with Crippen LogP contribution < -0.4 is 24.3 Å². The van der Waals surface area contributed by atoms with Crippen molar-refractivity contribution in [3.8, 4) is 11.5 Å². The molecule has 0 atom stereocenters. The second-order valence-corrected chi connectivity index (χ2v) is 13.9. The van der Waals surface area contributed by atoms with E-state index in [1.54, 1.807) is 0 Å². The van der Waals surface area contributed by atoms with E-state index < -0.39 is 17.6 Å².